The van der Waals surface area contributed by atoms with E-state index in [1.807, 2.05) is 54.1 Å². The third-order valence-electron chi connectivity index (χ3n) is 5.19. The highest BCUT2D eigenvalue weighted by molar-refractivity contribution is 6.30. The van der Waals surface area contributed by atoms with Crippen LogP contribution in [0.3, 0.4) is 0 Å². The van der Waals surface area contributed by atoms with Crippen molar-refractivity contribution < 1.29 is 14.6 Å². The maximum atomic E-state index is 10.6. The summed E-state index contributed by atoms with van der Waals surface area (Å²) in [5, 5.41) is 16.0. The monoisotopic (exact) mass is 483 g/mol. The molecule has 1 atom stereocenters. The fourth-order valence-corrected chi connectivity index (χ4v) is 3.89. The summed E-state index contributed by atoms with van der Waals surface area (Å²) in [5.74, 6) is 1.75. The zero-order valence-electron chi connectivity index (χ0n) is 20.2. The molecule has 6 nitrogen and oxygen atoms in total. The van der Waals surface area contributed by atoms with Gasteiger partial charge in [0.1, 0.15) is 5.75 Å². The van der Waals surface area contributed by atoms with Crippen LogP contribution in [0.4, 0.5) is 0 Å². The highest BCUT2D eigenvalue weighted by Gasteiger charge is 2.23. The van der Waals surface area contributed by atoms with Crippen molar-refractivity contribution >= 4 is 11.6 Å². The van der Waals surface area contributed by atoms with E-state index < -0.39 is 6.10 Å². The van der Waals surface area contributed by atoms with Crippen LogP contribution in [-0.2, 0) is 11.3 Å². The van der Waals surface area contributed by atoms with E-state index in [0.29, 0.717) is 42.3 Å². The van der Waals surface area contributed by atoms with E-state index in [1.165, 1.54) is 0 Å². The van der Waals surface area contributed by atoms with Crippen LogP contribution in [0.2, 0.25) is 5.02 Å². The van der Waals surface area contributed by atoms with Gasteiger partial charge in [0.15, 0.2) is 0 Å². The number of para-hydroxylation sites is 1. The summed E-state index contributed by atoms with van der Waals surface area (Å²) in [4.78, 5) is 2.22. The number of ether oxygens (including phenoxy) is 2. The van der Waals surface area contributed by atoms with Gasteiger partial charge in [0.25, 0.3) is 0 Å². The Hall–Kier alpha value is -2.64. The molecule has 0 aliphatic heterocycles. The van der Waals surface area contributed by atoms with Gasteiger partial charge >= 0.3 is 0 Å². The van der Waals surface area contributed by atoms with Crippen molar-refractivity contribution in [3.05, 3.63) is 83.5 Å². The van der Waals surface area contributed by atoms with Gasteiger partial charge in [-0.15, -0.1) is 6.58 Å². The number of nitrogens with zero attached hydrogens (tertiary/aromatic N) is 3. The summed E-state index contributed by atoms with van der Waals surface area (Å²) in [6, 6.07) is 17.2. The second-order valence-electron chi connectivity index (χ2n) is 8.74. The van der Waals surface area contributed by atoms with Crippen molar-refractivity contribution in [2.24, 2.45) is 5.92 Å². The highest BCUT2D eigenvalue weighted by Crippen LogP contribution is 2.32. The minimum atomic E-state index is -0.608. The number of aliphatic hydroxyl groups is 1. The van der Waals surface area contributed by atoms with Crippen molar-refractivity contribution in [2.45, 2.75) is 33.4 Å². The van der Waals surface area contributed by atoms with Gasteiger partial charge in [0, 0.05) is 24.7 Å². The van der Waals surface area contributed by atoms with Crippen LogP contribution in [0, 0.1) is 12.8 Å². The molecule has 3 rings (SSSR count). The molecule has 0 aliphatic rings. The SMILES string of the molecule is C=CCOC[C@H](O)CN(Cc1c(C)nn(-c2ccccc2)c1Oc1ccc(Cl)cc1)CC(C)C. The number of hydrogen-bond donors (Lipinski definition) is 1. The van der Waals surface area contributed by atoms with Gasteiger partial charge in [0.2, 0.25) is 5.88 Å². The maximum absolute atomic E-state index is 10.6. The first-order valence-corrected chi connectivity index (χ1v) is 11.9. The highest BCUT2D eigenvalue weighted by atomic mass is 35.5. The van der Waals surface area contributed by atoms with Gasteiger partial charge in [-0.05, 0) is 49.2 Å². The fraction of sp³-hybridized carbons (Fsp3) is 0.370. The van der Waals surface area contributed by atoms with Crippen molar-refractivity contribution in [3.8, 4) is 17.3 Å². The van der Waals surface area contributed by atoms with Gasteiger partial charge in [-0.2, -0.15) is 5.10 Å². The molecular formula is C27H34ClN3O3. The number of hydrogen-bond acceptors (Lipinski definition) is 5. The normalized spacial score (nSPS) is 12.3. The number of halogens is 1. The lowest BCUT2D eigenvalue weighted by Gasteiger charge is -2.27. The van der Waals surface area contributed by atoms with Crippen LogP contribution in [0.25, 0.3) is 5.69 Å². The zero-order chi connectivity index (χ0) is 24.5. The quantitative estimate of drug-likeness (QED) is 0.251. The molecule has 0 amide bonds. The summed E-state index contributed by atoms with van der Waals surface area (Å²) in [5.41, 5.74) is 2.76. The molecule has 1 aromatic heterocycles. The third-order valence-corrected chi connectivity index (χ3v) is 5.44. The second kappa shape index (κ2) is 12.7. The molecule has 182 valence electrons. The van der Waals surface area contributed by atoms with E-state index in [-0.39, 0.29) is 6.61 Å². The Morgan fingerprint density at radius 3 is 2.47 bits per heavy atom. The predicted molar refractivity (Wildman–Crippen MR) is 137 cm³/mol. The first kappa shape index (κ1) is 26.0. The Labute approximate surface area is 207 Å². The Kier molecular flexibility index (Phi) is 9.72. The fourth-order valence-electron chi connectivity index (χ4n) is 3.77. The molecule has 0 aliphatic carbocycles. The van der Waals surface area contributed by atoms with E-state index >= 15 is 0 Å². The third kappa shape index (κ3) is 7.43. The molecule has 0 saturated carbocycles. The topological polar surface area (TPSA) is 59.8 Å². The lowest BCUT2D eigenvalue weighted by Crippen LogP contribution is -2.37. The molecule has 0 fully saturated rings. The van der Waals surface area contributed by atoms with E-state index in [0.717, 1.165) is 23.5 Å². The van der Waals surface area contributed by atoms with Crippen LogP contribution in [0.5, 0.6) is 11.6 Å². The Balaban J connectivity index is 1.93. The molecule has 1 heterocycles. The number of aliphatic hydroxyl groups excluding tert-OH is 1. The minimum absolute atomic E-state index is 0.261. The minimum Gasteiger partial charge on any atom is -0.439 e. The Morgan fingerprint density at radius 2 is 1.82 bits per heavy atom. The summed E-state index contributed by atoms with van der Waals surface area (Å²) < 4.78 is 13.7. The molecule has 0 saturated heterocycles. The van der Waals surface area contributed by atoms with E-state index in [2.05, 4.69) is 25.3 Å². The molecule has 34 heavy (non-hydrogen) atoms. The molecule has 1 N–H and O–H groups in total. The smallest absolute Gasteiger partial charge is 0.227 e. The average Bonchev–Trinajstić information content (AvgIpc) is 3.10. The predicted octanol–water partition coefficient (Wildman–Crippen LogP) is 5.65. The van der Waals surface area contributed by atoms with Crippen molar-refractivity contribution in [1.82, 2.24) is 14.7 Å². The molecule has 0 radical (unpaired) electrons. The van der Waals surface area contributed by atoms with Crippen LogP contribution >= 0.6 is 11.6 Å². The van der Waals surface area contributed by atoms with Gasteiger partial charge in [0.05, 0.1) is 36.3 Å². The molecule has 0 bridgehead atoms. The Bertz CT molecular complexity index is 1040. The summed E-state index contributed by atoms with van der Waals surface area (Å²) in [6.45, 7) is 12.5. The van der Waals surface area contributed by atoms with Crippen LogP contribution in [0.15, 0.2) is 67.3 Å². The van der Waals surface area contributed by atoms with Crippen LogP contribution in [0.1, 0.15) is 25.1 Å². The number of benzene rings is 2. The largest absolute Gasteiger partial charge is 0.439 e. The first-order chi connectivity index (χ1) is 16.4. The summed E-state index contributed by atoms with van der Waals surface area (Å²) in [7, 11) is 0. The van der Waals surface area contributed by atoms with E-state index in [1.54, 1.807) is 18.2 Å². The van der Waals surface area contributed by atoms with Crippen molar-refractivity contribution in [1.29, 1.82) is 0 Å². The van der Waals surface area contributed by atoms with E-state index in [9.17, 15) is 5.11 Å². The van der Waals surface area contributed by atoms with Gasteiger partial charge in [-0.1, -0.05) is 49.7 Å². The van der Waals surface area contributed by atoms with Gasteiger partial charge in [-0.25, -0.2) is 4.68 Å². The van der Waals surface area contributed by atoms with Crippen LogP contribution in [-0.4, -0.2) is 52.2 Å². The molecule has 7 heteroatoms. The molecule has 3 aromatic rings. The molecule has 0 unspecified atom stereocenters. The number of aryl methyl sites for hydroxylation is 1. The maximum Gasteiger partial charge on any atom is 0.227 e. The Morgan fingerprint density at radius 1 is 1.12 bits per heavy atom. The lowest BCUT2D eigenvalue weighted by molar-refractivity contribution is 0.0222. The summed E-state index contributed by atoms with van der Waals surface area (Å²) >= 11 is 6.07. The standard InChI is InChI=1S/C27H34ClN3O3/c1-5-15-33-19-24(32)17-30(16-20(2)3)18-26-21(4)29-31(23-9-7-6-8-10-23)27(26)34-25-13-11-22(28)12-14-25/h5-14,20,24,32H,1,15-19H2,2-4H3/t24-/m1/s1. The number of rotatable bonds is 13. The molecular weight excluding hydrogens is 450 g/mol. The van der Waals surface area contributed by atoms with Crippen LogP contribution < -0.4 is 4.74 Å². The van der Waals surface area contributed by atoms with Gasteiger partial charge < -0.3 is 14.6 Å². The van der Waals surface area contributed by atoms with E-state index in [4.69, 9.17) is 26.2 Å². The second-order valence-corrected chi connectivity index (χ2v) is 9.18. The first-order valence-electron chi connectivity index (χ1n) is 11.5. The number of aromatic nitrogens is 2. The lowest BCUT2D eigenvalue weighted by atomic mass is 10.1. The zero-order valence-corrected chi connectivity index (χ0v) is 20.9. The van der Waals surface area contributed by atoms with Crippen molar-refractivity contribution in [2.75, 3.05) is 26.3 Å². The van der Waals surface area contributed by atoms with Gasteiger partial charge in [-0.3, -0.25) is 4.90 Å². The average molecular weight is 484 g/mol. The molecule has 0 spiro atoms. The molecule has 2 aromatic carbocycles. The van der Waals surface area contributed by atoms with Crippen molar-refractivity contribution in [3.63, 3.8) is 0 Å². The summed E-state index contributed by atoms with van der Waals surface area (Å²) in [6.07, 6.45) is 1.07.